The lowest BCUT2D eigenvalue weighted by atomic mass is 10.0. The Morgan fingerprint density at radius 3 is 2.38 bits per heavy atom. The zero-order chi connectivity index (χ0) is 23.3. The number of carboxylic acid groups (broad SMARTS) is 1. The van der Waals surface area contributed by atoms with Crippen LogP contribution in [0.15, 0.2) is 48.5 Å². The molecule has 2 aromatic rings. The summed E-state index contributed by atoms with van der Waals surface area (Å²) in [5, 5.41) is 14.7. The number of aliphatic carboxylic acids is 1. The van der Waals surface area contributed by atoms with Gasteiger partial charge in [-0.2, -0.15) is 0 Å². The Bertz CT molecular complexity index is 898. The summed E-state index contributed by atoms with van der Waals surface area (Å²) < 4.78 is 5.13. The molecule has 0 aliphatic carbocycles. The first-order chi connectivity index (χ1) is 15.3. The first-order valence-electron chi connectivity index (χ1n) is 10.9. The highest BCUT2D eigenvalue weighted by molar-refractivity contribution is 5.83. The van der Waals surface area contributed by atoms with Crippen LogP contribution in [0.25, 0.3) is 0 Å². The molecular weight excluding hydrogens is 408 g/mol. The molecule has 2 aromatic carbocycles. The second-order valence-corrected chi connectivity index (χ2v) is 7.88. The third-order valence-corrected chi connectivity index (χ3v) is 5.21. The molecule has 0 fully saturated rings. The van der Waals surface area contributed by atoms with Gasteiger partial charge < -0.3 is 20.5 Å². The molecule has 0 heterocycles. The number of unbranched alkanes of at least 4 members (excludes halogenated alkanes) is 2. The average Bonchev–Trinajstić information content (AvgIpc) is 2.77. The maximum atomic E-state index is 12.2. The minimum Gasteiger partial charge on any atom is -0.480 e. The standard InChI is InChI=1S/C25H32N2O5/c1-18-12-13-21(15-19(18)2)16-22(24(29)30)27-23(28)11-7-4-8-14-26-25(31)32-17-20-9-5-3-6-10-20/h3,5-6,9-10,12-13,15,22H,4,7-8,11,14,16-17H2,1-2H3,(H,26,31)(H,27,28)(H,29,30)/t22-/m0/s1. The van der Waals surface area contributed by atoms with E-state index in [1.807, 2.05) is 62.4 Å². The van der Waals surface area contributed by atoms with Crippen LogP contribution in [-0.2, 0) is 27.4 Å². The highest BCUT2D eigenvalue weighted by atomic mass is 16.5. The number of carbonyl (C=O) groups excluding carboxylic acids is 2. The van der Waals surface area contributed by atoms with E-state index in [1.54, 1.807) is 0 Å². The van der Waals surface area contributed by atoms with Gasteiger partial charge in [0.15, 0.2) is 0 Å². The number of benzene rings is 2. The number of nitrogens with one attached hydrogen (secondary N) is 2. The van der Waals surface area contributed by atoms with Crippen LogP contribution in [-0.4, -0.2) is 35.7 Å². The van der Waals surface area contributed by atoms with Crippen molar-refractivity contribution in [2.24, 2.45) is 0 Å². The molecule has 7 heteroatoms. The van der Waals surface area contributed by atoms with Crippen LogP contribution in [0.2, 0.25) is 0 Å². The number of hydrogen-bond acceptors (Lipinski definition) is 4. The smallest absolute Gasteiger partial charge is 0.407 e. The zero-order valence-corrected chi connectivity index (χ0v) is 18.7. The Morgan fingerprint density at radius 2 is 1.69 bits per heavy atom. The normalized spacial score (nSPS) is 11.4. The van der Waals surface area contributed by atoms with E-state index < -0.39 is 18.1 Å². The van der Waals surface area contributed by atoms with E-state index in [4.69, 9.17) is 4.74 Å². The Hall–Kier alpha value is -3.35. The molecule has 0 saturated heterocycles. The Balaban J connectivity index is 1.60. The minimum absolute atomic E-state index is 0.222. The molecule has 0 unspecified atom stereocenters. The first-order valence-corrected chi connectivity index (χ1v) is 10.9. The molecule has 0 saturated carbocycles. The maximum Gasteiger partial charge on any atom is 0.407 e. The third kappa shape index (κ3) is 9.20. The van der Waals surface area contributed by atoms with Crippen molar-refractivity contribution < 1.29 is 24.2 Å². The highest BCUT2D eigenvalue weighted by Gasteiger charge is 2.20. The molecule has 3 N–H and O–H groups in total. The summed E-state index contributed by atoms with van der Waals surface area (Å²) in [7, 11) is 0. The van der Waals surface area contributed by atoms with Gasteiger partial charge >= 0.3 is 12.1 Å². The van der Waals surface area contributed by atoms with Crippen molar-refractivity contribution in [2.75, 3.05) is 6.54 Å². The van der Waals surface area contributed by atoms with E-state index in [0.717, 1.165) is 28.7 Å². The van der Waals surface area contributed by atoms with Gasteiger partial charge in [0.2, 0.25) is 5.91 Å². The van der Waals surface area contributed by atoms with Gasteiger partial charge in [-0.1, -0.05) is 55.0 Å². The monoisotopic (exact) mass is 440 g/mol. The van der Waals surface area contributed by atoms with E-state index in [0.29, 0.717) is 19.4 Å². The largest absolute Gasteiger partial charge is 0.480 e. The molecule has 0 radical (unpaired) electrons. The predicted octanol–water partition coefficient (Wildman–Crippen LogP) is 3.90. The van der Waals surface area contributed by atoms with Gasteiger partial charge in [0.25, 0.3) is 0 Å². The number of rotatable bonds is 12. The quantitative estimate of drug-likeness (QED) is 0.434. The van der Waals surface area contributed by atoms with Gasteiger partial charge in [0.1, 0.15) is 12.6 Å². The number of hydrogen-bond donors (Lipinski definition) is 3. The second-order valence-electron chi connectivity index (χ2n) is 7.88. The van der Waals surface area contributed by atoms with Crippen LogP contribution in [0, 0.1) is 13.8 Å². The summed E-state index contributed by atoms with van der Waals surface area (Å²) in [6.45, 7) is 4.66. The minimum atomic E-state index is -1.05. The van der Waals surface area contributed by atoms with Gasteiger partial charge in [0, 0.05) is 19.4 Å². The molecule has 0 aliphatic heterocycles. The van der Waals surface area contributed by atoms with Crippen LogP contribution in [0.1, 0.15) is 47.9 Å². The number of amides is 2. The molecule has 0 aliphatic rings. The fourth-order valence-corrected chi connectivity index (χ4v) is 3.18. The van der Waals surface area contributed by atoms with Gasteiger partial charge in [-0.25, -0.2) is 9.59 Å². The number of ether oxygens (including phenoxy) is 1. The first kappa shape index (κ1) is 24.9. The van der Waals surface area contributed by atoms with Crippen LogP contribution >= 0.6 is 0 Å². The van der Waals surface area contributed by atoms with Crippen molar-refractivity contribution in [2.45, 2.75) is 58.6 Å². The topological polar surface area (TPSA) is 105 Å². The zero-order valence-electron chi connectivity index (χ0n) is 18.7. The third-order valence-electron chi connectivity index (χ3n) is 5.21. The van der Waals surface area contributed by atoms with Crippen molar-refractivity contribution in [3.05, 3.63) is 70.8 Å². The Labute approximate surface area is 189 Å². The lowest BCUT2D eigenvalue weighted by molar-refractivity contribution is -0.141. The van der Waals surface area contributed by atoms with Gasteiger partial charge in [-0.05, 0) is 48.9 Å². The number of carbonyl (C=O) groups is 3. The molecule has 32 heavy (non-hydrogen) atoms. The van der Waals surface area contributed by atoms with Crippen LogP contribution in [0.4, 0.5) is 4.79 Å². The number of aryl methyl sites for hydroxylation is 2. The van der Waals surface area contributed by atoms with Crippen molar-refractivity contribution in [1.82, 2.24) is 10.6 Å². The fourth-order valence-electron chi connectivity index (χ4n) is 3.18. The van der Waals surface area contributed by atoms with Crippen molar-refractivity contribution in [3.63, 3.8) is 0 Å². The van der Waals surface area contributed by atoms with E-state index >= 15 is 0 Å². The summed E-state index contributed by atoms with van der Waals surface area (Å²) in [6, 6.07) is 14.3. The molecule has 0 bridgehead atoms. The summed E-state index contributed by atoms with van der Waals surface area (Å²) in [6.07, 6.45) is 2.08. The summed E-state index contributed by atoms with van der Waals surface area (Å²) in [4.78, 5) is 35.4. The van der Waals surface area contributed by atoms with E-state index in [9.17, 15) is 19.5 Å². The lowest BCUT2D eigenvalue weighted by Gasteiger charge is -2.15. The molecule has 2 rings (SSSR count). The molecule has 2 amide bonds. The van der Waals surface area contributed by atoms with Crippen LogP contribution in [0.3, 0.4) is 0 Å². The van der Waals surface area contributed by atoms with Crippen molar-refractivity contribution in [1.29, 1.82) is 0 Å². The van der Waals surface area contributed by atoms with E-state index in [2.05, 4.69) is 10.6 Å². The van der Waals surface area contributed by atoms with Gasteiger partial charge in [0.05, 0.1) is 0 Å². The van der Waals surface area contributed by atoms with Gasteiger partial charge in [-0.3, -0.25) is 4.79 Å². The highest BCUT2D eigenvalue weighted by Crippen LogP contribution is 2.12. The number of carboxylic acids is 1. The SMILES string of the molecule is Cc1ccc(C[C@H](NC(=O)CCCCCNC(=O)OCc2ccccc2)C(=O)O)cc1C. The number of alkyl carbamates (subject to hydrolysis) is 1. The summed E-state index contributed by atoms with van der Waals surface area (Å²) in [5.74, 6) is -1.33. The lowest BCUT2D eigenvalue weighted by Crippen LogP contribution is -2.42. The average molecular weight is 441 g/mol. The molecule has 172 valence electrons. The van der Waals surface area contributed by atoms with Crippen molar-refractivity contribution >= 4 is 18.0 Å². The predicted molar refractivity (Wildman–Crippen MR) is 122 cm³/mol. The summed E-state index contributed by atoms with van der Waals surface area (Å²) in [5.41, 5.74) is 4.04. The maximum absolute atomic E-state index is 12.2. The molecule has 7 nitrogen and oxygen atoms in total. The second kappa shape index (κ2) is 13.1. The molecule has 0 aromatic heterocycles. The van der Waals surface area contributed by atoms with Gasteiger partial charge in [-0.15, -0.1) is 0 Å². The van der Waals surface area contributed by atoms with Crippen LogP contribution in [0.5, 0.6) is 0 Å². The van der Waals surface area contributed by atoms with Crippen LogP contribution < -0.4 is 10.6 Å². The molecule has 1 atom stereocenters. The Kier molecular flexibility index (Phi) is 10.2. The summed E-state index contributed by atoms with van der Waals surface area (Å²) >= 11 is 0. The molecule has 0 spiro atoms. The van der Waals surface area contributed by atoms with Crippen molar-refractivity contribution in [3.8, 4) is 0 Å². The molecular formula is C25H32N2O5. The van der Waals surface area contributed by atoms with E-state index in [1.165, 1.54) is 0 Å². The van der Waals surface area contributed by atoms with E-state index in [-0.39, 0.29) is 25.4 Å². The Morgan fingerprint density at radius 1 is 0.938 bits per heavy atom. The fraction of sp³-hybridized carbons (Fsp3) is 0.400.